The fourth-order valence-corrected chi connectivity index (χ4v) is 2.39. The number of aryl methyl sites for hydroxylation is 1. The standard InChI is InChI=1S/C12H23N5/c1-3-6-17-12(14-10-15-17)9-16-7-4-11(13-2)5-8-16/h10-11,13H,3-9H2,1-2H3. The van der Waals surface area contributed by atoms with Gasteiger partial charge in [0.15, 0.2) is 0 Å². The van der Waals surface area contributed by atoms with Crippen molar-refractivity contribution in [3.63, 3.8) is 0 Å². The van der Waals surface area contributed by atoms with Crippen LogP contribution in [0.3, 0.4) is 0 Å². The Labute approximate surface area is 103 Å². The van der Waals surface area contributed by atoms with E-state index >= 15 is 0 Å². The number of rotatable bonds is 5. The fraction of sp³-hybridized carbons (Fsp3) is 0.833. The molecule has 1 fully saturated rings. The van der Waals surface area contributed by atoms with Gasteiger partial charge in [-0.1, -0.05) is 6.92 Å². The van der Waals surface area contributed by atoms with Gasteiger partial charge in [0.1, 0.15) is 12.2 Å². The highest BCUT2D eigenvalue weighted by Gasteiger charge is 2.19. The zero-order valence-electron chi connectivity index (χ0n) is 10.9. The van der Waals surface area contributed by atoms with Gasteiger partial charge in [-0.2, -0.15) is 5.10 Å². The number of hydrogen-bond acceptors (Lipinski definition) is 4. The molecule has 5 heteroatoms. The highest BCUT2D eigenvalue weighted by atomic mass is 15.3. The first kappa shape index (κ1) is 12.5. The SMILES string of the molecule is CCCn1ncnc1CN1CCC(NC)CC1. The normalized spacial score (nSPS) is 18.7. The van der Waals surface area contributed by atoms with Gasteiger partial charge in [-0.25, -0.2) is 9.67 Å². The third-order valence-corrected chi connectivity index (χ3v) is 3.49. The summed E-state index contributed by atoms with van der Waals surface area (Å²) in [6.45, 7) is 6.40. The van der Waals surface area contributed by atoms with Crippen molar-refractivity contribution in [1.82, 2.24) is 25.0 Å². The van der Waals surface area contributed by atoms with Crippen LogP contribution in [0.15, 0.2) is 6.33 Å². The summed E-state index contributed by atoms with van der Waals surface area (Å²) in [5, 5.41) is 7.62. The first-order valence-corrected chi connectivity index (χ1v) is 6.59. The van der Waals surface area contributed by atoms with Crippen molar-refractivity contribution in [3.05, 3.63) is 12.2 Å². The number of nitrogens with one attached hydrogen (secondary N) is 1. The zero-order chi connectivity index (χ0) is 12.1. The van der Waals surface area contributed by atoms with E-state index in [-0.39, 0.29) is 0 Å². The molecule has 1 aromatic rings. The van der Waals surface area contributed by atoms with Crippen LogP contribution >= 0.6 is 0 Å². The molecule has 0 atom stereocenters. The summed E-state index contributed by atoms with van der Waals surface area (Å²) in [5.74, 6) is 1.11. The highest BCUT2D eigenvalue weighted by Crippen LogP contribution is 2.12. The summed E-state index contributed by atoms with van der Waals surface area (Å²) < 4.78 is 2.03. The van der Waals surface area contributed by atoms with Gasteiger partial charge in [0.05, 0.1) is 6.54 Å². The predicted molar refractivity (Wildman–Crippen MR) is 67.7 cm³/mol. The molecule has 2 rings (SSSR count). The maximum atomic E-state index is 4.36. The molecule has 5 nitrogen and oxygen atoms in total. The molecule has 0 radical (unpaired) electrons. The van der Waals surface area contributed by atoms with Crippen LogP contribution in [-0.2, 0) is 13.1 Å². The molecule has 2 heterocycles. The fourth-order valence-electron chi connectivity index (χ4n) is 2.39. The summed E-state index contributed by atoms with van der Waals surface area (Å²) in [6, 6.07) is 0.694. The van der Waals surface area contributed by atoms with Crippen LogP contribution < -0.4 is 5.32 Å². The van der Waals surface area contributed by atoms with Crippen LogP contribution in [0.1, 0.15) is 32.0 Å². The topological polar surface area (TPSA) is 46.0 Å². The van der Waals surface area contributed by atoms with Gasteiger partial charge in [0.2, 0.25) is 0 Å². The molecule has 0 unspecified atom stereocenters. The van der Waals surface area contributed by atoms with Crippen molar-refractivity contribution in [2.75, 3.05) is 20.1 Å². The van der Waals surface area contributed by atoms with Crippen LogP contribution in [0.5, 0.6) is 0 Å². The zero-order valence-corrected chi connectivity index (χ0v) is 10.9. The van der Waals surface area contributed by atoms with E-state index in [9.17, 15) is 0 Å². The number of likely N-dealkylation sites (tertiary alicyclic amines) is 1. The van der Waals surface area contributed by atoms with E-state index in [4.69, 9.17) is 0 Å². The minimum absolute atomic E-state index is 0.694. The molecule has 1 aliphatic rings. The van der Waals surface area contributed by atoms with Crippen LogP contribution in [0.2, 0.25) is 0 Å². The second kappa shape index (κ2) is 6.12. The first-order valence-electron chi connectivity index (χ1n) is 6.59. The Bertz CT molecular complexity index is 327. The quantitative estimate of drug-likeness (QED) is 0.825. The molecule has 1 aliphatic heterocycles. The third-order valence-electron chi connectivity index (χ3n) is 3.49. The Morgan fingerprint density at radius 1 is 1.41 bits per heavy atom. The molecule has 17 heavy (non-hydrogen) atoms. The Morgan fingerprint density at radius 3 is 2.82 bits per heavy atom. The average molecular weight is 237 g/mol. The molecule has 96 valence electrons. The summed E-state index contributed by atoms with van der Waals surface area (Å²) >= 11 is 0. The van der Waals surface area contributed by atoms with E-state index in [0.29, 0.717) is 6.04 Å². The lowest BCUT2D eigenvalue weighted by atomic mass is 10.1. The molecule has 0 spiro atoms. The monoisotopic (exact) mass is 237 g/mol. The third kappa shape index (κ3) is 3.26. The summed E-state index contributed by atoms with van der Waals surface area (Å²) in [6.07, 6.45) is 5.25. The molecule has 0 amide bonds. The molecule has 1 saturated heterocycles. The minimum atomic E-state index is 0.694. The second-order valence-corrected chi connectivity index (χ2v) is 4.74. The molecule has 0 aliphatic carbocycles. The van der Waals surface area contributed by atoms with Crippen LogP contribution in [0.25, 0.3) is 0 Å². The van der Waals surface area contributed by atoms with Gasteiger partial charge < -0.3 is 5.32 Å². The van der Waals surface area contributed by atoms with E-state index in [2.05, 4.69) is 34.3 Å². The number of aromatic nitrogens is 3. The van der Waals surface area contributed by atoms with E-state index in [1.54, 1.807) is 6.33 Å². The van der Waals surface area contributed by atoms with Gasteiger partial charge in [0, 0.05) is 25.7 Å². The number of piperidine rings is 1. The lowest BCUT2D eigenvalue weighted by molar-refractivity contribution is 0.187. The van der Waals surface area contributed by atoms with Crippen molar-refractivity contribution in [1.29, 1.82) is 0 Å². The Hall–Kier alpha value is -0.940. The van der Waals surface area contributed by atoms with Crippen molar-refractivity contribution < 1.29 is 0 Å². The van der Waals surface area contributed by atoms with Crippen LogP contribution in [-0.4, -0.2) is 45.8 Å². The molecule has 0 aromatic carbocycles. The second-order valence-electron chi connectivity index (χ2n) is 4.74. The van der Waals surface area contributed by atoms with Crippen molar-refractivity contribution in [2.24, 2.45) is 0 Å². The molecule has 0 saturated carbocycles. The predicted octanol–water partition coefficient (Wildman–Crippen LogP) is 0.872. The van der Waals surface area contributed by atoms with Gasteiger partial charge in [-0.15, -0.1) is 0 Å². The molecule has 0 bridgehead atoms. The molecular weight excluding hydrogens is 214 g/mol. The number of nitrogens with zero attached hydrogens (tertiary/aromatic N) is 4. The lowest BCUT2D eigenvalue weighted by Crippen LogP contribution is -2.41. The van der Waals surface area contributed by atoms with Crippen molar-refractivity contribution in [2.45, 2.75) is 45.3 Å². The van der Waals surface area contributed by atoms with Crippen molar-refractivity contribution in [3.8, 4) is 0 Å². The Morgan fingerprint density at radius 2 is 2.18 bits per heavy atom. The maximum absolute atomic E-state index is 4.36. The van der Waals surface area contributed by atoms with E-state index in [1.807, 2.05) is 4.68 Å². The van der Waals surface area contributed by atoms with Gasteiger partial charge in [0.25, 0.3) is 0 Å². The van der Waals surface area contributed by atoms with E-state index < -0.39 is 0 Å². The van der Waals surface area contributed by atoms with Crippen LogP contribution in [0.4, 0.5) is 0 Å². The van der Waals surface area contributed by atoms with Crippen molar-refractivity contribution >= 4 is 0 Å². The Balaban J connectivity index is 1.86. The lowest BCUT2D eigenvalue weighted by Gasteiger charge is -2.31. The molecule has 1 aromatic heterocycles. The smallest absolute Gasteiger partial charge is 0.141 e. The highest BCUT2D eigenvalue weighted by molar-refractivity contribution is 4.87. The Kier molecular flexibility index (Phi) is 4.50. The molecule has 1 N–H and O–H groups in total. The minimum Gasteiger partial charge on any atom is -0.317 e. The summed E-state index contributed by atoms with van der Waals surface area (Å²) in [7, 11) is 2.05. The van der Waals surface area contributed by atoms with Gasteiger partial charge in [-0.3, -0.25) is 4.90 Å². The van der Waals surface area contributed by atoms with Gasteiger partial charge >= 0.3 is 0 Å². The van der Waals surface area contributed by atoms with E-state index in [1.165, 1.54) is 12.8 Å². The number of hydrogen-bond donors (Lipinski definition) is 1. The molecular formula is C12H23N5. The summed E-state index contributed by atoms with van der Waals surface area (Å²) in [4.78, 5) is 6.84. The average Bonchev–Trinajstić information content (AvgIpc) is 2.78. The summed E-state index contributed by atoms with van der Waals surface area (Å²) in [5.41, 5.74) is 0. The maximum Gasteiger partial charge on any atom is 0.141 e. The largest absolute Gasteiger partial charge is 0.317 e. The van der Waals surface area contributed by atoms with Gasteiger partial charge in [-0.05, 0) is 26.3 Å². The first-order chi connectivity index (χ1) is 8.33. The van der Waals surface area contributed by atoms with Crippen LogP contribution in [0, 0.1) is 0 Å². The van der Waals surface area contributed by atoms with E-state index in [0.717, 1.165) is 38.4 Å².